The van der Waals surface area contributed by atoms with E-state index in [1.54, 1.807) is 23.1 Å². The molecule has 0 fully saturated rings. The molecule has 82 valence electrons. The molecule has 2 aromatic rings. The molecular formula is C11H12N4O. The number of pyridine rings is 1. The molecule has 5 nitrogen and oxygen atoms in total. The van der Waals surface area contributed by atoms with Crippen LogP contribution in [0.1, 0.15) is 17.4 Å². The molecule has 2 N–H and O–H groups in total. The third-order valence-corrected chi connectivity index (χ3v) is 2.29. The van der Waals surface area contributed by atoms with E-state index in [0.29, 0.717) is 17.9 Å². The summed E-state index contributed by atoms with van der Waals surface area (Å²) in [5, 5.41) is 4.30. The molecule has 0 aromatic carbocycles. The molecule has 0 unspecified atom stereocenters. The Balaban J connectivity index is 2.48. The monoisotopic (exact) mass is 216 g/mol. The number of primary amides is 1. The van der Waals surface area contributed by atoms with Crippen molar-refractivity contribution in [3.63, 3.8) is 0 Å². The first kappa shape index (κ1) is 10.4. The lowest BCUT2D eigenvalue weighted by Gasteiger charge is -1.98. The molecule has 0 saturated carbocycles. The van der Waals surface area contributed by atoms with Gasteiger partial charge in [0.25, 0.3) is 5.91 Å². The van der Waals surface area contributed by atoms with Gasteiger partial charge in [0, 0.05) is 24.5 Å². The SMILES string of the molecule is CCn1nc(-c2cccnc2)cc1C(N)=O. The zero-order valence-electron chi connectivity index (χ0n) is 8.92. The van der Waals surface area contributed by atoms with E-state index in [1.165, 1.54) is 0 Å². The second-order valence-corrected chi connectivity index (χ2v) is 3.34. The topological polar surface area (TPSA) is 73.8 Å². The van der Waals surface area contributed by atoms with Crippen LogP contribution in [-0.4, -0.2) is 20.7 Å². The Hall–Kier alpha value is -2.17. The van der Waals surface area contributed by atoms with Crippen molar-refractivity contribution in [1.29, 1.82) is 0 Å². The summed E-state index contributed by atoms with van der Waals surface area (Å²) in [6.07, 6.45) is 3.39. The lowest BCUT2D eigenvalue weighted by molar-refractivity contribution is 0.0990. The van der Waals surface area contributed by atoms with Crippen molar-refractivity contribution in [2.75, 3.05) is 0 Å². The van der Waals surface area contributed by atoms with Crippen LogP contribution in [0.5, 0.6) is 0 Å². The molecule has 0 bridgehead atoms. The second kappa shape index (κ2) is 4.14. The van der Waals surface area contributed by atoms with Gasteiger partial charge in [-0.2, -0.15) is 5.10 Å². The van der Waals surface area contributed by atoms with E-state index >= 15 is 0 Å². The van der Waals surface area contributed by atoms with Crippen LogP contribution in [0.3, 0.4) is 0 Å². The van der Waals surface area contributed by atoms with E-state index in [0.717, 1.165) is 5.56 Å². The molecule has 2 aromatic heterocycles. The van der Waals surface area contributed by atoms with Crippen LogP contribution in [0.15, 0.2) is 30.6 Å². The highest BCUT2D eigenvalue weighted by Gasteiger charge is 2.12. The highest BCUT2D eigenvalue weighted by molar-refractivity contribution is 5.92. The maximum absolute atomic E-state index is 11.2. The third kappa shape index (κ3) is 1.79. The van der Waals surface area contributed by atoms with Gasteiger partial charge in [-0.25, -0.2) is 0 Å². The Morgan fingerprint density at radius 3 is 2.88 bits per heavy atom. The quantitative estimate of drug-likeness (QED) is 0.833. The predicted octanol–water partition coefficient (Wildman–Crippen LogP) is 1.06. The van der Waals surface area contributed by atoms with Crippen LogP contribution in [0.25, 0.3) is 11.3 Å². The first-order valence-electron chi connectivity index (χ1n) is 5.00. The van der Waals surface area contributed by atoms with Crippen molar-refractivity contribution >= 4 is 5.91 Å². The van der Waals surface area contributed by atoms with Crippen molar-refractivity contribution in [3.05, 3.63) is 36.3 Å². The maximum Gasteiger partial charge on any atom is 0.266 e. The lowest BCUT2D eigenvalue weighted by Crippen LogP contribution is -2.16. The number of hydrogen-bond donors (Lipinski definition) is 1. The van der Waals surface area contributed by atoms with E-state index < -0.39 is 5.91 Å². The summed E-state index contributed by atoms with van der Waals surface area (Å²) in [7, 11) is 0. The van der Waals surface area contributed by atoms with Crippen molar-refractivity contribution in [1.82, 2.24) is 14.8 Å². The lowest BCUT2D eigenvalue weighted by atomic mass is 10.2. The molecule has 2 rings (SSSR count). The first-order valence-corrected chi connectivity index (χ1v) is 5.00. The molecular weight excluding hydrogens is 204 g/mol. The van der Waals surface area contributed by atoms with Gasteiger partial charge in [0.05, 0.1) is 5.69 Å². The molecule has 0 saturated heterocycles. The molecule has 0 aliphatic rings. The standard InChI is InChI=1S/C11H12N4O/c1-2-15-10(11(12)16)6-9(14-15)8-4-3-5-13-7-8/h3-7H,2H2,1H3,(H2,12,16). The average molecular weight is 216 g/mol. The minimum absolute atomic E-state index is 0.418. The number of aryl methyl sites for hydroxylation is 1. The van der Waals surface area contributed by atoms with Gasteiger partial charge in [0.2, 0.25) is 0 Å². The van der Waals surface area contributed by atoms with Gasteiger partial charge in [-0.05, 0) is 25.1 Å². The summed E-state index contributed by atoms with van der Waals surface area (Å²) in [6.45, 7) is 2.52. The first-order chi connectivity index (χ1) is 7.72. The van der Waals surface area contributed by atoms with Crippen molar-refractivity contribution in [2.24, 2.45) is 5.73 Å². The molecule has 0 aliphatic heterocycles. The summed E-state index contributed by atoms with van der Waals surface area (Å²) in [5.74, 6) is -0.468. The molecule has 0 spiro atoms. The average Bonchev–Trinajstić information content (AvgIpc) is 2.74. The highest BCUT2D eigenvalue weighted by atomic mass is 16.1. The molecule has 0 atom stereocenters. The minimum atomic E-state index is -0.468. The summed E-state index contributed by atoms with van der Waals surface area (Å²) >= 11 is 0. The van der Waals surface area contributed by atoms with E-state index in [1.807, 2.05) is 19.1 Å². The zero-order valence-corrected chi connectivity index (χ0v) is 8.92. The molecule has 2 heterocycles. The predicted molar refractivity (Wildman–Crippen MR) is 59.6 cm³/mol. The maximum atomic E-state index is 11.2. The number of nitrogens with zero attached hydrogens (tertiary/aromatic N) is 3. The number of carbonyl (C=O) groups excluding carboxylic acids is 1. The number of nitrogens with two attached hydrogens (primary N) is 1. The van der Waals surface area contributed by atoms with Crippen LogP contribution in [0.4, 0.5) is 0 Å². The van der Waals surface area contributed by atoms with Crippen molar-refractivity contribution in [3.8, 4) is 11.3 Å². The molecule has 0 radical (unpaired) electrons. The number of rotatable bonds is 3. The van der Waals surface area contributed by atoms with E-state index in [-0.39, 0.29) is 0 Å². The Kier molecular flexibility index (Phi) is 2.68. The number of amides is 1. The van der Waals surface area contributed by atoms with Gasteiger partial charge >= 0.3 is 0 Å². The Morgan fingerprint density at radius 2 is 2.38 bits per heavy atom. The van der Waals surface area contributed by atoms with Gasteiger partial charge in [0.15, 0.2) is 0 Å². The molecule has 16 heavy (non-hydrogen) atoms. The molecule has 1 amide bonds. The van der Waals surface area contributed by atoms with Crippen LogP contribution >= 0.6 is 0 Å². The smallest absolute Gasteiger partial charge is 0.266 e. The third-order valence-electron chi connectivity index (χ3n) is 2.29. The highest BCUT2D eigenvalue weighted by Crippen LogP contribution is 2.17. The van der Waals surface area contributed by atoms with Gasteiger partial charge in [-0.3, -0.25) is 14.5 Å². The fraction of sp³-hybridized carbons (Fsp3) is 0.182. The van der Waals surface area contributed by atoms with Gasteiger partial charge in [0.1, 0.15) is 5.69 Å². The second-order valence-electron chi connectivity index (χ2n) is 3.34. The summed E-state index contributed by atoms with van der Waals surface area (Å²) < 4.78 is 1.59. The Morgan fingerprint density at radius 1 is 1.56 bits per heavy atom. The molecule has 0 aliphatic carbocycles. The van der Waals surface area contributed by atoms with E-state index in [4.69, 9.17) is 5.73 Å². The van der Waals surface area contributed by atoms with Crippen molar-refractivity contribution in [2.45, 2.75) is 13.5 Å². The number of aromatic nitrogens is 3. The van der Waals surface area contributed by atoms with Crippen LogP contribution in [0.2, 0.25) is 0 Å². The summed E-state index contributed by atoms with van der Waals surface area (Å²) in [6, 6.07) is 5.40. The Bertz CT molecular complexity index is 504. The van der Waals surface area contributed by atoms with E-state index in [9.17, 15) is 4.79 Å². The van der Waals surface area contributed by atoms with Crippen molar-refractivity contribution < 1.29 is 4.79 Å². The van der Waals surface area contributed by atoms with Gasteiger partial charge in [-0.1, -0.05) is 0 Å². The normalized spacial score (nSPS) is 10.3. The summed E-state index contributed by atoms with van der Waals surface area (Å²) in [4.78, 5) is 15.2. The summed E-state index contributed by atoms with van der Waals surface area (Å²) in [5.41, 5.74) is 7.27. The minimum Gasteiger partial charge on any atom is -0.364 e. The van der Waals surface area contributed by atoms with Crippen LogP contribution in [-0.2, 0) is 6.54 Å². The molecule has 5 heteroatoms. The van der Waals surface area contributed by atoms with Gasteiger partial charge in [-0.15, -0.1) is 0 Å². The van der Waals surface area contributed by atoms with Crippen LogP contribution < -0.4 is 5.73 Å². The van der Waals surface area contributed by atoms with Crippen LogP contribution in [0, 0.1) is 0 Å². The van der Waals surface area contributed by atoms with E-state index in [2.05, 4.69) is 10.1 Å². The number of carbonyl (C=O) groups is 1. The zero-order chi connectivity index (χ0) is 11.5. The largest absolute Gasteiger partial charge is 0.364 e. The fourth-order valence-corrected chi connectivity index (χ4v) is 1.51. The fourth-order valence-electron chi connectivity index (χ4n) is 1.51. The number of hydrogen-bond acceptors (Lipinski definition) is 3. The Labute approximate surface area is 92.9 Å². The van der Waals surface area contributed by atoms with Gasteiger partial charge < -0.3 is 5.73 Å².